The van der Waals surface area contributed by atoms with Gasteiger partial charge >= 0.3 is 0 Å². The first kappa shape index (κ1) is 13.3. The van der Waals surface area contributed by atoms with Gasteiger partial charge in [0.2, 0.25) is 0 Å². The van der Waals surface area contributed by atoms with Crippen LogP contribution in [0, 0.1) is 6.92 Å². The molecule has 0 bridgehead atoms. The molecule has 104 valence electrons. The Kier molecular flexibility index (Phi) is 3.61. The molecule has 0 aliphatic heterocycles. The third-order valence-electron chi connectivity index (χ3n) is 3.48. The molecule has 0 heterocycles. The van der Waals surface area contributed by atoms with Crippen LogP contribution in [-0.2, 0) is 0 Å². The predicted octanol–water partition coefficient (Wildman–Crippen LogP) is 5.14. The lowest BCUT2D eigenvalue weighted by Gasteiger charge is -2.14. The summed E-state index contributed by atoms with van der Waals surface area (Å²) in [6.07, 6.45) is 0. The van der Waals surface area contributed by atoms with E-state index in [2.05, 4.69) is 60.5 Å². The molecule has 2 nitrogen and oxygen atoms in total. The molecule has 2 heteroatoms. The van der Waals surface area contributed by atoms with E-state index in [1.807, 2.05) is 30.3 Å². The summed E-state index contributed by atoms with van der Waals surface area (Å²) in [6.45, 7) is 6.12. The van der Waals surface area contributed by atoms with E-state index in [-0.39, 0.29) is 0 Å². The van der Waals surface area contributed by atoms with Crippen molar-refractivity contribution in [3.63, 3.8) is 0 Å². The zero-order valence-electron chi connectivity index (χ0n) is 12.1. The molecule has 0 unspecified atom stereocenters. The van der Waals surface area contributed by atoms with Crippen molar-refractivity contribution in [2.45, 2.75) is 6.92 Å². The highest BCUT2D eigenvalue weighted by Gasteiger charge is 2.00. The molecule has 2 N–H and O–H groups in total. The zero-order valence-corrected chi connectivity index (χ0v) is 12.1. The van der Waals surface area contributed by atoms with E-state index >= 15 is 0 Å². The Hall–Kier alpha value is -2.74. The summed E-state index contributed by atoms with van der Waals surface area (Å²) in [4.78, 5) is 0. The van der Waals surface area contributed by atoms with Crippen molar-refractivity contribution in [2.24, 2.45) is 0 Å². The average molecular weight is 274 g/mol. The second-order valence-electron chi connectivity index (χ2n) is 5.11. The molecule has 3 rings (SSSR count). The van der Waals surface area contributed by atoms with Crippen molar-refractivity contribution in [3.8, 4) is 0 Å². The normalized spacial score (nSPS) is 10.3. The van der Waals surface area contributed by atoms with E-state index in [1.165, 1.54) is 16.3 Å². The van der Waals surface area contributed by atoms with Crippen molar-refractivity contribution in [1.29, 1.82) is 0 Å². The number of rotatable bonds is 4. The van der Waals surface area contributed by atoms with Crippen LogP contribution in [0.4, 0.5) is 11.4 Å². The standard InChI is InChI=1S/C19H18N2/c1-14-7-3-6-10-19(14)21-15(2)20-18-12-11-16-8-4-5-9-17(16)13-18/h3-13,20-21H,2H2,1H3. The lowest BCUT2D eigenvalue weighted by molar-refractivity contribution is 1.35. The van der Waals surface area contributed by atoms with Crippen molar-refractivity contribution in [3.05, 3.63) is 84.7 Å². The molecule has 0 amide bonds. The van der Waals surface area contributed by atoms with Gasteiger partial charge < -0.3 is 10.6 Å². The van der Waals surface area contributed by atoms with Gasteiger partial charge in [-0.2, -0.15) is 0 Å². The summed E-state index contributed by atoms with van der Waals surface area (Å²) >= 11 is 0. The van der Waals surface area contributed by atoms with Gasteiger partial charge in [-0.1, -0.05) is 55.1 Å². The van der Waals surface area contributed by atoms with E-state index in [0.717, 1.165) is 17.2 Å². The first-order chi connectivity index (χ1) is 10.2. The Bertz CT molecular complexity index is 790. The van der Waals surface area contributed by atoms with Gasteiger partial charge in [-0.3, -0.25) is 0 Å². The van der Waals surface area contributed by atoms with Crippen LogP contribution in [0.15, 0.2) is 79.1 Å². The van der Waals surface area contributed by atoms with Crippen LogP contribution in [0.5, 0.6) is 0 Å². The summed E-state index contributed by atoms with van der Waals surface area (Å²) in [5, 5.41) is 9.06. The molecule has 0 atom stereocenters. The van der Waals surface area contributed by atoms with Gasteiger partial charge in [0.05, 0.1) is 0 Å². The fourth-order valence-electron chi connectivity index (χ4n) is 2.35. The summed E-state index contributed by atoms with van der Waals surface area (Å²) in [5.41, 5.74) is 3.29. The molecule has 0 aliphatic carbocycles. The zero-order chi connectivity index (χ0) is 14.7. The van der Waals surface area contributed by atoms with Crippen LogP contribution in [-0.4, -0.2) is 0 Å². The van der Waals surface area contributed by atoms with Crippen LogP contribution < -0.4 is 10.6 Å². The fraction of sp³-hybridized carbons (Fsp3) is 0.0526. The fourth-order valence-corrected chi connectivity index (χ4v) is 2.35. The number of nitrogens with one attached hydrogen (secondary N) is 2. The van der Waals surface area contributed by atoms with Crippen molar-refractivity contribution in [1.82, 2.24) is 0 Å². The number of aryl methyl sites for hydroxylation is 1. The number of fused-ring (bicyclic) bond motifs is 1. The molecule has 0 aromatic heterocycles. The van der Waals surface area contributed by atoms with Crippen LogP contribution in [0.3, 0.4) is 0 Å². The number of hydrogen-bond acceptors (Lipinski definition) is 2. The van der Waals surface area contributed by atoms with E-state index < -0.39 is 0 Å². The predicted molar refractivity (Wildman–Crippen MR) is 91.5 cm³/mol. The lowest BCUT2D eigenvalue weighted by Crippen LogP contribution is -2.08. The number of hydrogen-bond donors (Lipinski definition) is 2. The molecular weight excluding hydrogens is 256 g/mol. The summed E-state index contributed by atoms with van der Waals surface area (Å²) < 4.78 is 0. The maximum absolute atomic E-state index is 4.04. The van der Waals surface area contributed by atoms with Gasteiger partial charge in [0.15, 0.2) is 0 Å². The van der Waals surface area contributed by atoms with Crippen LogP contribution in [0.25, 0.3) is 10.8 Å². The first-order valence-corrected chi connectivity index (χ1v) is 7.00. The summed E-state index contributed by atoms with van der Waals surface area (Å²) in [5.74, 6) is 0.764. The third-order valence-corrected chi connectivity index (χ3v) is 3.48. The molecule has 3 aromatic rings. The van der Waals surface area contributed by atoms with Crippen LogP contribution in [0.2, 0.25) is 0 Å². The van der Waals surface area contributed by atoms with Gasteiger partial charge in [-0.15, -0.1) is 0 Å². The smallest absolute Gasteiger partial charge is 0.100 e. The highest BCUT2D eigenvalue weighted by Crippen LogP contribution is 2.21. The average Bonchev–Trinajstić information content (AvgIpc) is 2.49. The Balaban J connectivity index is 1.75. The number of para-hydroxylation sites is 1. The number of benzene rings is 3. The van der Waals surface area contributed by atoms with Crippen molar-refractivity contribution in [2.75, 3.05) is 10.6 Å². The van der Waals surface area contributed by atoms with Gasteiger partial charge in [0.25, 0.3) is 0 Å². The molecule has 0 radical (unpaired) electrons. The van der Waals surface area contributed by atoms with Crippen LogP contribution >= 0.6 is 0 Å². The van der Waals surface area contributed by atoms with Gasteiger partial charge in [0, 0.05) is 11.4 Å². The Labute approximate surface area is 125 Å². The second-order valence-corrected chi connectivity index (χ2v) is 5.11. The second kappa shape index (κ2) is 5.71. The maximum atomic E-state index is 4.04. The third kappa shape index (κ3) is 3.06. The summed E-state index contributed by atoms with van der Waals surface area (Å²) in [7, 11) is 0. The van der Waals surface area contributed by atoms with E-state index in [0.29, 0.717) is 0 Å². The minimum Gasteiger partial charge on any atom is -0.342 e. The lowest BCUT2D eigenvalue weighted by atomic mass is 10.1. The molecule has 0 spiro atoms. The maximum Gasteiger partial charge on any atom is 0.100 e. The number of anilines is 2. The largest absolute Gasteiger partial charge is 0.342 e. The van der Waals surface area contributed by atoms with Gasteiger partial charge in [0.1, 0.15) is 5.82 Å². The van der Waals surface area contributed by atoms with Crippen LogP contribution in [0.1, 0.15) is 5.56 Å². The van der Waals surface area contributed by atoms with Gasteiger partial charge in [-0.25, -0.2) is 0 Å². The van der Waals surface area contributed by atoms with Gasteiger partial charge in [-0.05, 0) is 41.5 Å². The highest BCUT2D eigenvalue weighted by molar-refractivity contribution is 5.86. The Morgan fingerprint density at radius 1 is 0.810 bits per heavy atom. The molecular formula is C19H18N2. The monoisotopic (exact) mass is 274 g/mol. The Morgan fingerprint density at radius 2 is 1.52 bits per heavy atom. The van der Waals surface area contributed by atoms with Crippen molar-refractivity contribution >= 4 is 22.1 Å². The molecule has 0 fully saturated rings. The van der Waals surface area contributed by atoms with E-state index in [9.17, 15) is 0 Å². The Morgan fingerprint density at radius 3 is 2.33 bits per heavy atom. The first-order valence-electron chi connectivity index (χ1n) is 7.00. The SMILES string of the molecule is C=C(Nc1ccc2ccccc2c1)Nc1ccccc1C. The van der Waals surface area contributed by atoms with E-state index in [1.54, 1.807) is 0 Å². The van der Waals surface area contributed by atoms with Crippen molar-refractivity contribution < 1.29 is 0 Å². The molecule has 0 aliphatic rings. The minimum absolute atomic E-state index is 0.764. The van der Waals surface area contributed by atoms with E-state index in [4.69, 9.17) is 0 Å². The minimum atomic E-state index is 0.764. The topological polar surface area (TPSA) is 24.1 Å². The quantitative estimate of drug-likeness (QED) is 0.688. The molecule has 0 saturated heterocycles. The highest BCUT2D eigenvalue weighted by atomic mass is 15.1. The summed E-state index contributed by atoms with van der Waals surface area (Å²) in [6, 6.07) is 22.8. The molecule has 21 heavy (non-hydrogen) atoms. The molecule has 3 aromatic carbocycles. The molecule has 0 saturated carbocycles.